The summed E-state index contributed by atoms with van der Waals surface area (Å²) >= 11 is 3.43. The maximum absolute atomic E-state index is 5.80. The first-order valence-corrected chi connectivity index (χ1v) is 6.65. The van der Waals surface area contributed by atoms with Gasteiger partial charge < -0.3 is 9.64 Å². The van der Waals surface area contributed by atoms with Crippen molar-refractivity contribution in [1.82, 2.24) is 4.98 Å². The van der Waals surface area contributed by atoms with Gasteiger partial charge >= 0.3 is 0 Å². The second-order valence-electron chi connectivity index (χ2n) is 4.42. The van der Waals surface area contributed by atoms with Gasteiger partial charge in [-0.15, -0.1) is 0 Å². The average molecular weight is 283 g/mol. The third kappa shape index (κ3) is 1.84. The molecule has 2 fully saturated rings. The van der Waals surface area contributed by atoms with Crippen LogP contribution < -0.4 is 4.90 Å². The van der Waals surface area contributed by atoms with Gasteiger partial charge in [-0.3, -0.25) is 0 Å². The zero-order chi connectivity index (χ0) is 11.0. The lowest BCUT2D eigenvalue weighted by Crippen LogP contribution is -2.49. The van der Waals surface area contributed by atoms with Gasteiger partial charge in [0.2, 0.25) is 0 Å². The molecule has 0 radical (unpaired) electrons. The summed E-state index contributed by atoms with van der Waals surface area (Å²) in [6, 6.07) is 6.64. The van der Waals surface area contributed by atoms with Gasteiger partial charge in [0.05, 0.1) is 18.8 Å². The number of anilines is 1. The van der Waals surface area contributed by atoms with Crippen LogP contribution in [0.25, 0.3) is 0 Å². The molecule has 1 saturated heterocycles. The van der Waals surface area contributed by atoms with E-state index in [0.717, 1.165) is 23.6 Å². The van der Waals surface area contributed by atoms with Crippen molar-refractivity contribution < 1.29 is 4.74 Å². The third-order valence-corrected chi connectivity index (χ3v) is 3.92. The molecule has 1 aromatic heterocycles. The molecule has 0 aromatic carbocycles. The lowest BCUT2D eigenvalue weighted by atomic mass is 10.1. The summed E-state index contributed by atoms with van der Waals surface area (Å²) in [4.78, 5) is 6.95. The third-order valence-electron chi connectivity index (χ3n) is 3.48. The van der Waals surface area contributed by atoms with Gasteiger partial charge in [-0.05, 0) is 47.3 Å². The van der Waals surface area contributed by atoms with Gasteiger partial charge in [0, 0.05) is 6.54 Å². The largest absolute Gasteiger partial charge is 0.374 e. The minimum absolute atomic E-state index is 0.425. The van der Waals surface area contributed by atoms with Gasteiger partial charge in [0.1, 0.15) is 10.4 Å². The highest BCUT2D eigenvalue weighted by atomic mass is 79.9. The summed E-state index contributed by atoms with van der Waals surface area (Å²) in [7, 11) is 0. The first-order chi connectivity index (χ1) is 7.84. The molecule has 2 atom stereocenters. The molecule has 1 aromatic rings. The van der Waals surface area contributed by atoms with E-state index in [2.05, 4.69) is 31.9 Å². The van der Waals surface area contributed by atoms with Gasteiger partial charge in [-0.2, -0.15) is 0 Å². The Hall–Kier alpha value is -0.610. The molecule has 2 unspecified atom stereocenters. The van der Waals surface area contributed by atoms with E-state index in [9.17, 15) is 0 Å². The maximum atomic E-state index is 5.80. The van der Waals surface area contributed by atoms with E-state index in [4.69, 9.17) is 4.74 Å². The molecule has 4 heteroatoms. The van der Waals surface area contributed by atoms with Crippen LogP contribution in [0.1, 0.15) is 19.3 Å². The molecule has 86 valence electrons. The second kappa shape index (κ2) is 4.34. The Balaban J connectivity index is 1.88. The van der Waals surface area contributed by atoms with Gasteiger partial charge in [0.25, 0.3) is 0 Å². The first-order valence-electron chi connectivity index (χ1n) is 5.85. The van der Waals surface area contributed by atoms with Crippen LogP contribution in [0.2, 0.25) is 0 Å². The molecule has 1 aliphatic carbocycles. The number of rotatable bonds is 1. The van der Waals surface area contributed by atoms with Crippen LogP contribution in [0.3, 0.4) is 0 Å². The van der Waals surface area contributed by atoms with E-state index in [0.29, 0.717) is 12.1 Å². The molecule has 2 heterocycles. The Labute approximate surface area is 104 Å². The van der Waals surface area contributed by atoms with Crippen molar-refractivity contribution in [3.63, 3.8) is 0 Å². The number of fused-ring (bicyclic) bond motifs is 1. The van der Waals surface area contributed by atoms with Crippen molar-refractivity contribution in [3.8, 4) is 0 Å². The molecule has 0 N–H and O–H groups in total. The highest BCUT2D eigenvalue weighted by Gasteiger charge is 2.36. The summed E-state index contributed by atoms with van der Waals surface area (Å²) in [5, 5.41) is 0. The van der Waals surface area contributed by atoms with Crippen LogP contribution >= 0.6 is 15.9 Å². The van der Waals surface area contributed by atoms with Crippen LogP contribution in [0, 0.1) is 0 Å². The Morgan fingerprint density at radius 2 is 2.31 bits per heavy atom. The standard InChI is InChI=1S/C12H15BrN2O/c13-11-5-2-6-12(14-11)15-7-8-16-10-4-1-3-9(10)15/h2,5-6,9-10H,1,3-4,7-8H2. The minimum Gasteiger partial charge on any atom is -0.374 e. The van der Waals surface area contributed by atoms with Gasteiger partial charge in [0.15, 0.2) is 0 Å². The van der Waals surface area contributed by atoms with Crippen molar-refractivity contribution in [1.29, 1.82) is 0 Å². The zero-order valence-electron chi connectivity index (χ0n) is 9.10. The van der Waals surface area contributed by atoms with E-state index in [1.54, 1.807) is 0 Å². The molecular formula is C12H15BrN2O. The summed E-state index contributed by atoms with van der Waals surface area (Å²) in [5.41, 5.74) is 0. The molecule has 1 saturated carbocycles. The molecule has 3 rings (SSSR count). The highest BCUT2D eigenvalue weighted by molar-refractivity contribution is 9.10. The molecule has 1 aliphatic heterocycles. The fourth-order valence-electron chi connectivity index (χ4n) is 2.77. The van der Waals surface area contributed by atoms with Crippen LogP contribution in [-0.2, 0) is 4.74 Å². The van der Waals surface area contributed by atoms with E-state index >= 15 is 0 Å². The first kappa shape index (κ1) is 10.5. The summed E-state index contributed by atoms with van der Waals surface area (Å²) < 4.78 is 6.71. The fourth-order valence-corrected chi connectivity index (χ4v) is 3.10. The summed E-state index contributed by atoms with van der Waals surface area (Å²) in [6.07, 6.45) is 4.14. The fraction of sp³-hybridized carbons (Fsp3) is 0.583. The van der Waals surface area contributed by atoms with Crippen molar-refractivity contribution >= 4 is 21.7 Å². The number of hydrogen-bond donors (Lipinski definition) is 0. The predicted octanol–water partition coefficient (Wildman–Crippen LogP) is 2.60. The lowest BCUT2D eigenvalue weighted by Gasteiger charge is -2.38. The average Bonchev–Trinajstić information content (AvgIpc) is 2.76. The van der Waals surface area contributed by atoms with E-state index in [1.807, 2.05) is 12.1 Å². The Kier molecular flexibility index (Phi) is 2.86. The van der Waals surface area contributed by atoms with Crippen LogP contribution in [0.15, 0.2) is 22.8 Å². The number of morpholine rings is 1. The number of hydrogen-bond acceptors (Lipinski definition) is 3. The van der Waals surface area contributed by atoms with Crippen molar-refractivity contribution in [2.75, 3.05) is 18.1 Å². The van der Waals surface area contributed by atoms with Gasteiger partial charge in [-0.1, -0.05) is 6.07 Å². The quantitative estimate of drug-likeness (QED) is 0.741. The molecule has 3 nitrogen and oxygen atoms in total. The minimum atomic E-state index is 0.425. The van der Waals surface area contributed by atoms with E-state index in [-0.39, 0.29) is 0 Å². The van der Waals surface area contributed by atoms with E-state index < -0.39 is 0 Å². The smallest absolute Gasteiger partial charge is 0.130 e. The highest BCUT2D eigenvalue weighted by Crippen LogP contribution is 2.32. The summed E-state index contributed by atoms with van der Waals surface area (Å²) in [6.45, 7) is 1.79. The predicted molar refractivity (Wildman–Crippen MR) is 66.7 cm³/mol. The molecular weight excluding hydrogens is 268 g/mol. The molecule has 0 bridgehead atoms. The number of pyridine rings is 1. The van der Waals surface area contributed by atoms with E-state index in [1.165, 1.54) is 19.3 Å². The molecule has 16 heavy (non-hydrogen) atoms. The van der Waals surface area contributed by atoms with Crippen LogP contribution in [0.5, 0.6) is 0 Å². The maximum Gasteiger partial charge on any atom is 0.130 e. The SMILES string of the molecule is Brc1cccc(N2CCOC3CCCC32)n1. The molecule has 2 aliphatic rings. The Morgan fingerprint density at radius 1 is 1.38 bits per heavy atom. The van der Waals surface area contributed by atoms with Crippen molar-refractivity contribution in [2.45, 2.75) is 31.4 Å². The van der Waals surface area contributed by atoms with Crippen molar-refractivity contribution in [2.24, 2.45) is 0 Å². The second-order valence-corrected chi connectivity index (χ2v) is 5.23. The number of aromatic nitrogens is 1. The summed E-state index contributed by atoms with van der Waals surface area (Å²) in [5.74, 6) is 1.08. The number of ether oxygens (including phenoxy) is 1. The lowest BCUT2D eigenvalue weighted by molar-refractivity contribution is 0.0253. The van der Waals surface area contributed by atoms with Crippen LogP contribution in [-0.4, -0.2) is 30.3 Å². The number of halogens is 1. The van der Waals surface area contributed by atoms with Gasteiger partial charge in [-0.25, -0.2) is 4.98 Å². The molecule has 0 amide bonds. The van der Waals surface area contributed by atoms with Crippen LogP contribution in [0.4, 0.5) is 5.82 Å². The number of nitrogens with zero attached hydrogens (tertiary/aromatic N) is 2. The Morgan fingerprint density at radius 3 is 3.19 bits per heavy atom. The Bertz CT molecular complexity index is 385. The monoisotopic (exact) mass is 282 g/mol. The molecule has 0 spiro atoms. The zero-order valence-corrected chi connectivity index (χ0v) is 10.7. The van der Waals surface area contributed by atoms with Crippen molar-refractivity contribution in [3.05, 3.63) is 22.8 Å². The topological polar surface area (TPSA) is 25.4 Å². The normalized spacial score (nSPS) is 29.2.